The minimum atomic E-state index is -0.135. The summed E-state index contributed by atoms with van der Waals surface area (Å²) in [5, 5.41) is 11.2. The molecule has 0 radical (unpaired) electrons. The largest absolute Gasteiger partial charge is 0.336 e. The highest BCUT2D eigenvalue weighted by molar-refractivity contribution is 5.95. The fourth-order valence-corrected chi connectivity index (χ4v) is 3.42. The molecule has 2 heterocycles. The second-order valence-corrected chi connectivity index (χ2v) is 6.90. The first-order valence-corrected chi connectivity index (χ1v) is 9.24. The Labute approximate surface area is 163 Å². The number of hydrogen-bond donors (Lipinski definition) is 1. The van der Waals surface area contributed by atoms with Gasteiger partial charge in [0.25, 0.3) is 5.91 Å². The summed E-state index contributed by atoms with van der Waals surface area (Å²) in [6.07, 6.45) is 2.78. The third kappa shape index (κ3) is 3.78. The molecular weight excluding hydrogens is 354 g/mol. The monoisotopic (exact) mass is 375 g/mol. The molecule has 7 heteroatoms. The molecule has 1 saturated heterocycles. The van der Waals surface area contributed by atoms with Crippen LogP contribution in [-0.4, -0.2) is 44.8 Å². The van der Waals surface area contributed by atoms with Crippen molar-refractivity contribution in [3.05, 3.63) is 66.4 Å². The lowest BCUT2D eigenvalue weighted by Crippen LogP contribution is -2.29. The van der Waals surface area contributed by atoms with E-state index in [9.17, 15) is 9.59 Å². The Morgan fingerprint density at radius 2 is 1.82 bits per heavy atom. The van der Waals surface area contributed by atoms with Crippen LogP contribution >= 0.6 is 0 Å². The summed E-state index contributed by atoms with van der Waals surface area (Å²) in [6.45, 7) is 2.73. The highest BCUT2D eigenvalue weighted by Gasteiger charge is 2.29. The Kier molecular flexibility index (Phi) is 4.89. The summed E-state index contributed by atoms with van der Waals surface area (Å²) in [7, 11) is 0. The van der Waals surface area contributed by atoms with Gasteiger partial charge >= 0.3 is 0 Å². The molecule has 3 aromatic rings. The van der Waals surface area contributed by atoms with Crippen molar-refractivity contribution >= 4 is 17.5 Å². The minimum Gasteiger partial charge on any atom is -0.336 e. The summed E-state index contributed by atoms with van der Waals surface area (Å²) in [5.74, 6) is -0.149. The number of aromatic nitrogens is 3. The molecule has 0 spiro atoms. The Morgan fingerprint density at radius 1 is 1.07 bits per heavy atom. The smallest absolute Gasteiger partial charge is 0.253 e. The first kappa shape index (κ1) is 17.9. The van der Waals surface area contributed by atoms with E-state index in [4.69, 9.17) is 0 Å². The quantitative estimate of drug-likeness (QED) is 0.760. The van der Waals surface area contributed by atoms with Gasteiger partial charge in [0.2, 0.25) is 5.91 Å². The fourth-order valence-electron chi connectivity index (χ4n) is 3.42. The molecule has 0 aliphatic carbocycles. The van der Waals surface area contributed by atoms with Crippen LogP contribution in [0.15, 0.2) is 60.8 Å². The SMILES string of the molecule is CC(=O)Nc1ccc(C(=O)N2CCC(n3cc(-c4ccccc4)nn3)C2)cc1. The van der Waals surface area contributed by atoms with Crippen LogP contribution in [-0.2, 0) is 4.79 Å². The molecule has 2 amide bonds. The van der Waals surface area contributed by atoms with Crippen LogP contribution in [0.25, 0.3) is 11.3 Å². The number of likely N-dealkylation sites (tertiary alicyclic amines) is 1. The normalized spacial score (nSPS) is 16.2. The van der Waals surface area contributed by atoms with Crippen LogP contribution in [0.5, 0.6) is 0 Å². The van der Waals surface area contributed by atoms with E-state index in [0.717, 1.165) is 17.7 Å². The molecule has 0 saturated carbocycles. The third-order valence-electron chi connectivity index (χ3n) is 4.86. The number of nitrogens with zero attached hydrogens (tertiary/aromatic N) is 4. The van der Waals surface area contributed by atoms with Gasteiger partial charge in [-0.15, -0.1) is 5.10 Å². The van der Waals surface area contributed by atoms with Gasteiger partial charge in [-0.25, -0.2) is 4.68 Å². The van der Waals surface area contributed by atoms with Crippen molar-refractivity contribution in [1.82, 2.24) is 19.9 Å². The van der Waals surface area contributed by atoms with Gasteiger partial charge in [-0.1, -0.05) is 35.5 Å². The Morgan fingerprint density at radius 3 is 2.54 bits per heavy atom. The van der Waals surface area contributed by atoms with Gasteiger partial charge in [-0.2, -0.15) is 0 Å². The summed E-state index contributed by atoms with van der Waals surface area (Å²) in [5.41, 5.74) is 3.15. The van der Waals surface area contributed by atoms with E-state index in [0.29, 0.717) is 24.3 Å². The molecule has 1 aromatic heterocycles. The average molecular weight is 375 g/mol. The van der Waals surface area contributed by atoms with Crippen LogP contribution in [0.1, 0.15) is 29.7 Å². The van der Waals surface area contributed by atoms with E-state index in [1.54, 1.807) is 24.3 Å². The lowest BCUT2D eigenvalue weighted by molar-refractivity contribution is -0.114. The average Bonchev–Trinajstić information content (AvgIpc) is 3.38. The van der Waals surface area contributed by atoms with Gasteiger partial charge in [0.1, 0.15) is 5.69 Å². The van der Waals surface area contributed by atoms with Crippen molar-refractivity contribution in [1.29, 1.82) is 0 Å². The molecule has 1 N–H and O–H groups in total. The molecule has 1 unspecified atom stereocenters. The van der Waals surface area contributed by atoms with Crippen molar-refractivity contribution in [2.75, 3.05) is 18.4 Å². The highest BCUT2D eigenvalue weighted by Crippen LogP contribution is 2.25. The lowest BCUT2D eigenvalue weighted by atomic mass is 10.2. The van der Waals surface area contributed by atoms with Crippen molar-refractivity contribution in [3.8, 4) is 11.3 Å². The summed E-state index contributed by atoms with van der Waals surface area (Å²) in [6, 6.07) is 17.0. The minimum absolute atomic E-state index is 0.0136. The zero-order valence-electron chi connectivity index (χ0n) is 15.6. The predicted octanol–water partition coefficient (Wildman–Crippen LogP) is 2.99. The summed E-state index contributed by atoms with van der Waals surface area (Å²) < 4.78 is 1.86. The van der Waals surface area contributed by atoms with E-state index in [1.165, 1.54) is 6.92 Å². The number of rotatable bonds is 4. The number of anilines is 1. The third-order valence-corrected chi connectivity index (χ3v) is 4.86. The zero-order chi connectivity index (χ0) is 19.5. The number of carbonyl (C=O) groups is 2. The van der Waals surface area contributed by atoms with E-state index in [1.807, 2.05) is 46.1 Å². The predicted molar refractivity (Wildman–Crippen MR) is 106 cm³/mol. The Hall–Kier alpha value is -3.48. The molecule has 1 aliphatic rings. The second-order valence-electron chi connectivity index (χ2n) is 6.90. The van der Waals surface area contributed by atoms with E-state index in [-0.39, 0.29) is 17.9 Å². The standard InChI is InChI=1S/C21H21N5O2/c1-15(27)22-18-9-7-17(8-10-18)21(28)25-12-11-19(13-25)26-14-20(23-24-26)16-5-3-2-4-6-16/h2-10,14,19H,11-13H2,1H3,(H,22,27). The Balaban J connectivity index is 1.42. The van der Waals surface area contributed by atoms with Gasteiger partial charge in [0.05, 0.1) is 12.2 Å². The Bertz CT molecular complexity index is 982. The molecule has 0 bridgehead atoms. The van der Waals surface area contributed by atoms with Gasteiger partial charge in [0.15, 0.2) is 0 Å². The number of amides is 2. The highest BCUT2D eigenvalue weighted by atomic mass is 16.2. The van der Waals surface area contributed by atoms with E-state index < -0.39 is 0 Å². The van der Waals surface area contributed by atoms with Crippen molar-refractivity contribution in [3.63, 3.8) is 0 Å². The first-order chi connectivity index (χ1) is 13.6. The van der Waals surface area contributed by atoms with Crippen LogP contribution in [0.2, 0.25) is 0 Å². The summed E-state index contributed by atoms with van der Waals surface area (Å²) >= 11 is 0. The summed E-state index contributed by atoms with van der Waals surface area (Å²) in [4.78, 5) is 25.7. The molecule has 1 aliphatic heterocycles. The molecule has 1 atom stereocenters. The topological polar surface area (TPSA) is 80.1 Å². The van der Waals surface area contributed by atoms with Crippen LogP contribution in [0.4, 0.5) is 5.69 Å². The number of hydrogen-bond acceptors (Lipinski definition) is 4. The van der Waals surface area contributed by atoms with Crippen LogP contribution < -0.4 is 5.32 Å². The van der Waals surface area contributed by atoms with Gasteiger partial charge < -0.3 is 10.2 Å². The molecule has 7 nitrogen and oxygen atoms in total. The van der Waals surface area contributed by atoms with Crippen LogP contribution in [0.3, 0.4) is 0 Å². The number of nitrogens with one attached hydrogen (secondary N) is 1. The first-order valence-electron chi connectivity index (χ1n) is 9.24. The van der Waals surface area contributed by atoms with Gasteiger partial charge in [0, 0.05) is 36.8 Å². The maximum Gasteiger partial charge on any atom is 0.253 e. The fraction of sp³-hybridized carbons (Fsp3) is 0.238. The molecule has 28 heavy (non-hydrogen) atoms. The second kappa shape index (κ2) is 7.64. The maximum absolute atomic E-state index is 12.8. The lowest BCUT2D eigenvalue weighted by Gasteiger charge is -2.16. The molecule has 4 rings (SSSR count). The van der Waals surface area contributed by atoms with Crippen molar-refractivity contribution in [2.45, 2.75) is 19.4 Å². The van der Waals surface area contributed by atoms with Gasteiger partial charge in [-0.3, -0.25) is 9.59 Å². The molecule has 142 valence electrons. The van der Waals surface area contributed by atoms with Crippen molar-refractivity contribution in [2.24, 2.45) is 0 Å². The van der Waals surface area contributed by atoms with Gasteiger partial charge in [-0.05, 0) is 30.7 Å². The van der Waals surface area contributed by atoms with E-state index in [2.05, 4.69) is 15.6 Å². The number of benzene rings is 2. The molecule has 2 aromatic carbocycles. The molecular formula is C21H21N5O2. The van der Waals surface area contributed by atoms with Crippen LogP contribution in [0, 0.1) is 0 Å². The molecule has 1 fully saturated rings. The number of carbonyl (C=O) groups excluding carboxylic acids is 2. The zero-order valence-corrected chi connectivity index (χ0v) is 15.6. The van der Waals surface area contributed by atoms with E-state index >= 15 is 0 Å². The maximum atomic E-state index is 12.8. The van der Waals surface area contributed by atoms with Crippen molar-refractivity contribution < 1.29 is 9.59 Å².